The average Bonchev–Trinajstić information content (AvgIpc) is 2.32. The molecule has 98 valence electrons. The molecule has 19 heavy (non-hydrogen) atoms. The molecule has 0 aliphatic carbocycles. The maximum absolute atomic E-state index is 5.88. The number of hydrogen-bond donors (Lipinski definition) is 1. The Bertz CT molecular complexity index is 649. The predicted molar refractivity (Wildman–Crippen MR) is 84.1 cm³/mol. The van der Waals surface area contributed by atoms with Crippen LogP contribution in [0.2, 0.25) is 5.02 Å². The SMILES string of the molecule is Cc1ccnc(Oc2ccc(Cl)cc2Br)c1C(N)=S. The van der Waals surface area contributed by atoms with Crippen molar-refractivity contribution >= 4 is 44.7 Å². The molecule has 0 aliphatic rings. The summed E-state index contributed by atoms with van der Waals surface area (Å²) in [7, 11) is 0. The van der Waals surface area contributed by atoms with E-state index in [0.29, 0.717) is 22.2 Å². The van der Waals surface area contributed by atoms with Crippen LogP contribution >= 0.6 is 39.7 Å². The minimum atomic E-state index is 0.255. The zero-order valence-corrected chi connectivity index (χ0v) is 13.1. The van der Waals surface area contributed by atoms with Crippen molar-refractivity contribution in [3.63, 3.8) is 0 Å². The summed E-state index contributed by atoms with van der Waals surface area (Å²) in [5.41, 5.74) is 7.27. The predicted octanol–water partition coefficient (Wildman–Crippen LogP) is 4.23. The first-order valence-electron chi connectivity index (χ1n) is 5.37. The molecule has 0 saturated heterocycles. The number of rotatable bonds is 3. The van der Waals surface area contributed by atoms with Crippen LogP contribution in [0.15, 0.2) is 34.9 Å². The van der Waals surface area contributed by atoms with Crippen molar-refractivity contribution in [2.24, 2.45) is 5.73 Å². The molecule has 0 amide bonds. The standard InChI is InChI=1S/C13H10BrClN2OS/c1-7-4-5-17-13(11(7)12(16)19)18-10-3-2-8(15)6-9(10)14/h2-6H,1H3,(H2,16,19). The lowest BCUT2D eigenvalue weighted by atomic mass is 10.1. The summed E-state index contributed by atoms with van der Waals surface area (Å²) < 4.78 is 6.49. The average molecular weight is 358 g/mol. The first-order valence-corrected chi connectivity index (χ1v) is 6.95. The summed E-state index contributed by atoms with van der Waals surface area (Å²) in [5, 5.41) is 0.617. The number of thiocarbonyl (C=S) groups is 1. The Labute approximate surface area is 129 Å². The first-order chi connectivity index (χ1) is 8.99. The van der Waals surface area contributed by atoms with E-state index in [1.807, 2.05) is 13.0 Å². The highest BCUT2D eigenvalue weighted by Gasteiger charge is 2.13. The van der Waals surface area contributed by atoms with Crippen LogP contribution in [0, 0.1) is 6.92 Å². The molecule has 1 aromatic carbocycles. The van der Waals surface area contributed by atoms with Crippen molar-refractivity contribution in [1.82, 2.24) is 4.98 Å². The van der Waals surface area contributed by atoms with Crippen molar-refractivity contribution in [2.45, 2.75) is 6.92 Å². The van der Waals surface area contributed by atoms with Crippen molar-refractivity contribution in [3.8, 4) is 11.6 Å². The maximum atomic E-state index is 5.88. The van der Waals surface area contributed by atoms with Gasteiger partial charge in [-0.15, -0.1) is 0 Å². The van der Waals surface area contributed by atoms with E-state index >= 15 is 0 Å². The Morgan fingerprint density at radius 1 is 1.42 bits per heavy atom. The van der Waals surface area contributed by atoms with Gasteiger partial charge in [-0.1, -0.05) is 23.8 Å². The zero-order valence-electron chi connectivity index (χ0n) is 9.98. The van der Waals surface area contributed by atoms with Crippen LogP contribution in [0.1, 0.15) is 11.1 Å². The fourth-order valence-electron chi connectivity index (χ4n) is 1.57. The van der Waals surface area contributed by atoms with Crippen LogP contribution in [0.25, 0.3) is 0 Å². The third-order valence-corrected chi connectivity index (χ3v) is 3.53. The molecule has 0 aliphatic heterocycles. The number of ether oxygens (including phenoxy) is 1. The van der Waals surface area contributed by atoms with Gasteiger partial charge in [0.15, 0.2) is 0 Å². The highest BCUT2D eigenvalue weighted by Crippen LogP contribution is 2.32. The van der Waals surface area contributed by atoms with Crippen molar-refractivity contribution < 1.29 is 4.74 Å². The van der Waals surface area contributed by atoms with Gasteiger partial charge in [0.2, 0.25) is 5.88 Å². The second-order valence-electron chi connectivity index (χ2n) is 3.85. The van der Waals surface area contributed by atoms with Gasteiger partial charge in [-0.25, -0.2) is 4.98 Å². The van der Waals surface area contributed by atoms with Gasteiger partial charge in [0.05, 0.1) is 10.0 Å². The van der Waals surface area contributed by atoms with E-state index in [9.17, 15) is 0 Å². The summed E-state index contributed by atoms with van der Waals surface area (Å²) in [4.78, 5) is 4.43. The number of nitrogens with two attached hydrogens (primary N) is 1. The molecule has 0 bridgehead atoms. The first kappa shape index (κ1) is 14.2. The third-order valence-electron chi connectivity index (χ3n) is 2.47. The molecule has 0 spiro atoms. The number of benzene rings is 1. The van der Waals surface area contributed by atoms with Gasteiger partial charge < -0.3 is 10.5 Å². The van der Waals surface area contributed by atoms with Gasteiger partial charge in [0.1, 0.15) is 10.7 Å². The molecular weight excluding hydrogens is 348 g/mol. The van der Waals surface area contributed by atoms with Crippen molar-refractivity contribution in [3.05, 3.63) is 51.1 Å². The van der Waals surface area contributed by atoms with Crippen molar-refractivity contribution in [2.75, 3.05) is 0 Å². The van der Waals surface area contributed by atoms with E-state index in [1.54, 1.807) is 24.4 Å². The van der Waals surface area contributed by atoms with E-state index in [2.05, 4.69) is 20.9 Å². The Hall–Kier alpha value is -1.17. The highest BCUT2D eigenvalue weighted by atomic mass is 79.9. The monoisotopic (exact) mass is 356 g/mol. The number of hydrogen-bond acceptors (Lipinski definition) is 3. The Morgan fingerprint density at radius 2 is 2.16 bits per heavy atom. The lowest BCUT2D eigenvalue weighted by Crippen LogP contribution is -2.13. The molecule has 0 fully saturated rings. The fourth-order valence-corrected chi connectivity index (χ4v) is 2.58. The quantitative estimate of drug-likeness (QED) is 0.835. The van der Waals surface area contributed by atoms with Gasteiger partial charge >= 0.3 is 0 Å². The van der Waals surface area contributed by atoms with Crippen LogP contribution in [0.3, 0.4) is 0 Å². The number of aryl methyl sites for hydroxylation is 1. The molecular formula is C13H10BrClN2OS. The molecule has 3 nitrogen and oxygen atoms in total. The van der Waals surface area contributed by atoms with Gasteiger partial charge in [-0.3, -0.25) is 0 Å². The molecule has 6 heteroatoms. The number of aromatic nitrogens is 1. The minimum Gasteiger partial charge on any atom is -0.437 e. The molecule has 0 atom stereocenters. The number of halogens is 2. The lowest BCUT2D eigenvalue weighted by Gasteiger charge is -2.12. The normalized spacial score (nSPS) is 10.3. The van der Waals surface area contributed by atoms with Gasteiger partial charge in [-0.2, -0.15) is 0 Å². The van der Waals surface area contributed by atoms with Gasteiger partial charge in [0.25, 0.3) is 0 Å². The van der Waals surface area contributed by atoms with Gasteiger partial charge in [0, 0.05) is 11.2 Å². The molecule has 0 radical (unpaired) electrons. The van der Waals surface area contributed by atoms with E-state index < -0.39 is 0 Å². The Morgan fingerprint density at radius 3 is 2.79 bits per heavy atom. The topological polar surface area (TPSA) is 48.1 Å². The van der Waals surface area contributed by atoms with E-state index in [0.717, 1.165) is 10.0 Å². The number of pyridine rings is 1. The summed E-state index contributed by atoms with van der Waals surface area (Å²) in [6, 6.07) is 7.06. The van der Waals surface area contributed by atoms with Crippen LogP contribution in [0.5, 0.6) is 11.6 Å². The molecule has 2 rings (SSSR count). The fraction of sp³-hybridized carbons (Fsp3) is 0.0769. The molecule has 2 N–H and O–H groups in total. The zero-order chi connectivity index (χ0) is 14.0. The van der Waals surface area contributed by atoms with E-state index in [4.69, 9.17) is 34.3 Å². The van der Waals surface area contributed by atoms with Crippen LogP contribution < -0.4 is 10.5 Å². The molecule has 1 aromatic heterocycles. The summed E-state index contributed by atoms with van der Waals surface area (Å²) in [6.07, 6.45) is 1.65. The highest BCUT2D eigenvalue weighted by molar-refractivity contribution is 9.10. The van der Waals surface area contributed by atoms with Crippen LogP contribution in [-0.2, 0) is 0 Å². The summed E-state index contributed by atoms with van der Waals surface area (Å²) in [6.45, 7) is 1.90. The van der Waals surface area contributed by atoms with Crippen molar-refractivity contribution in [1.29, 1.82) is 0 Å². The summed E-state index contributed by atoms with van der Waals surface area (Å²) >= 11 is 14.3. The second kappa shape index (κ2) is 5.86. The van der Waals surface area contributed by atoms with Crippen LogP contribution in [0.4, 0.5) is 0 Å². The summed E-state index contributed by atoms with van der Waals surface area (Å²) in [5.74, 6) is 0.982. The Kier molecular flexibility index (Phi) is 4.39. The molecule has 1 heterocycles. The largest absolute Gasteiger partial charge is 0.437 e. The minimum absolute atomic E-state index is 0.255. The number of nitrogens with zero attached hydrogens (tertiary/aromatic N) is 1. The third kappa shape index (κ3) is 3.23. The molecule has 0 unspecified atom stereocenters. The Balaban J connectivity index is 2.44. The maximum Gasteiger partial charge on any atom is 0.229 e. The van der Waals surface area contributed by atoms with Crippen LogP contribution in [-0.4, -0.2) is 9.97 Å². The van der Waals surface area contributed by atoms with E-state index in [1.165, 1.54) is 0 Å². The smallest absolute Gasteiger partial charge is 0.229 e. The lowest BCUT2D eigenvalue weighted by molar-refractivity contribution is 0.458. The molecule has 2 aromatic rings. The van der Waals surface area contributed by atoms with Gasteiger partial charge in [-0.05, 0) is 52.7 Å². The van der Waals surface area contributed by atoms with E-state index in [-0.39, 0.29) is 4.99 Å². The molecule has 0 saturated carbocycles. The second-order valence-corrected chi connectivity index (χ2v) is 5.58.